The zero-order chi connectivity index (χ0) is 12.4. The quantitative estimate of drug-likeness (QED) is 0.544. The molecule has 0 heterocycles. The Morgan fingerprint density at radius 3 is 2.61 bits per heavy atom. The van der Waals surface area contributed by atoms with Crippen molar-refractivity contribution in [2.75, 3.05) is 6.61 Å². The van der Waals surface area contributed by atoms with E-state index in [4.69, 9.17) is 9.47 Å². The highest BCUT2D eigenvalue weighted by Gasteiger charge is 2.35. The fourth-order valence-electron chi connectivity index (χ4n) is 3.86. The lowest BCUT2D eigenvalue weighted by Crippen LogP contribution is -2.26. The maximum Gasteiger partial charge on any atom is 0.155 e. The van der Waals surface area contributed by atoms with Crippen molar-refractivity contribution >= 4 is 0 Å². The highest BCUT2D eigenvalue weighted by molar-refractivity contribution is 5.09. The SMILES string of the molecule is CC(OCC1CC2C=CC1C2)OC1CCCCC1. The van der Waals surface area contributed by atoms with Gasteiger partial charge in [0.1, 0.15) is 0 Å². The minimum Gasteiger partial charge on any atom is -0.353 e. The predicted molar refractivity (Wildman–Crippen MR) is 72.2 cm³/mol. The Labute approximate surface area is 111 Å². The average molecular weight is 250 g/mol. The van der Waals surface area contributed by atoms with Gasteiger partial charge in [-0.3, -0.25) is 0 Å². The molecule has 0 aromatic carbocycles. The molecule has 0 aromatic heterocycles. The van der Waals surface area contributed by atoms with Crippen LogP contribution in [-0.4, -0.2) is 19.0 Å². The Kier molecular flexibility index (Phi) is 4.05. The number of fused-ring (bicyclic) bond motifs is 2. The summed E-state index contributed by atoms with van der Waals surface area (Å²) in [6.45, 7) is 2.96. The predicted octanol–water partition coefficient (Wildman–Crippen LogP) is 3.91. The fourth-order valence-corrected chi connectivity index (χ4v) is 3.86. The van der Waals surface area contributed by atoms with E-state index in [2.05, 4.69) is 19.1 Å². The highest BCUT2D eigenvalue weighted by atomic mass is 16.7. The summed E-state index contributed by atoms with van der Waals surface area (Å²) in [5.74, 6) is 2.38. The summed E-state index contributed by atoms with van der Waals surface area (Å²) < 4.78 is 11.9. The lowest BCUT2D eigenvalue weighted by atomic mass is 9.95. The van der Waals surface area contributed by atoms with Crippen LogP contribution in [0.25, 0.3) is 0 Å². The maximum atomic E-state index is 5.99. The molecule has 3 aliphatic rings. The third kappa shape index (κ3) is 2.97. The van der Waals surface area contributed by atoms with E-state index >= 15 is 0 Å². The maximum absolute atomic E-state index is 5.99. The lowest BCUT2D eigenvalue weighted by Gasteiger charge is -2.27. The summed E-state index contributed by atoms with van der Waals surface area (Å²) >= 11 is 0. The first-order valence-corrected chi connectivity index (χ1v) is 7.76. The molecule has 3 rings (SSSR count). The van der Waals surface area contributed by atoms with E-state index < -0.39 is 0 Å². The smallest absolute Gasteiger partial charge is 0.155 e. The number of hydrogen-bond acceptors (Lipinski definition) is 2. The Hall–Kier alpha value is -0.340. The van der Waals surface area contributed by atoms with Crippen molar-refractivity contribution in [2.24, 2.45) is 17.8 Å². The van der Waals surface area contributed by atoms with Crippen LogP contribution in [0.3, 0.4) is 0 Å². The second-order valence-electron chi connectivity index (χ2n) is 6.34. The fraction of sp³-hybridized carbons (Fsp3) is 0.875. The standard InChI is InChI=1S/C16H26O2/c1-12(18-16-5-3-2-4-6-16)17-11-15-10-13-7-8-14(15)9-13/h7-8,12-16H,2-6,9-11H2,1H3. The molecule has 102 valence electrons. The van der Waals surface area contributed by atoms with Gasteiger partial charge in [0.2, 0.25) is 0 Å². The molecule has 0 N–H and O–H groups in total. The number of ether oxygens (including phenoxy) is 2. The molecule has 0 aliphatic heterocycles. The molecule has 0 radical (unpaired) electrons. The van der Waals surface area contributed by atoms with E-state index in [1.54, 1.807) is 0 Å². The van der Waals surface area contributed by atoms with Gasteiger partial charge in [-0.05, 0) is 50.4 Å². The molecule has 4 atom stereocenters. The van der Waals surface area contributed by atoms with Crippen LogP contribution in [0.4, 0.5) is 0 Å². The molecule has 2 saturated carbocycles. The van der Waals surface area contributed by atoms with Crippen molar-refractivity contribution in [1.82, 2.24) is 0 Å². The molecule has 18 heavy (non-hydrogen) atoms. The Morgan fingerprint density at radius 1 is 1.11 bits per heavy atom. The van der Waals surface area contributed by atoms with Gasteiger partial charge in [0.15, 0.2) is 6.29 Å². The van der Waals surface area contributed by atoms with Gasteiger partial charge in [-0.1, -0.05) is 31.4 Å². The summed E-state index contributed by atoms with van der Waals surface area (Å²) in [5, 5.41) is 0. The van der Waals surface area contributed by atoms with Crippen LogP contribution in [0, 0.1) is 17.8 Å². The monoisotopic (exact) mass is 250 g/mol. The first-order chi connectivity index (χ1) is 8.81. The number of rotatable bonds is 5. The van der Waals surface area contributed by atoms with Gasteiger partial charge < -0.3 is 9.47 Å². The second-order valence-corrected chi connectivity index (χ2v) is 6.34. The van der Waals surface area contributed by atoms with Crippen LogP contribution in [0.5, 0.6) is 0 Å². The zero-order valence-electron chi connectivity index (χ0n) is 11.5. The van der Waals surface area contributed by atoms with Gasteiger partial charge in [0, 0.05) is 0 Å². The van der Waals surface area contributed by atoms with E-state index in [0.29, 0.717) is 6.10 Å². The number of allylic oxidation sites excluding steroid dienone is 2. The normalized spacial score (nSPS) is 37.3. The van der Waals surface area contributed by atoms with Gasteiger partial charge in [-0.2, -0.15) is 0 Å². The highest BCUT2D eigenvalue weighted by Crippen LogP contribution is 2.43. The summed E-state index contributed by atoms with van der Waals surface area (Å²) in [6, 6.07) is 0. The van der Waals surface area contributed by atoms with Gasteiger partial charge in [0.25, 0.3) is 0 Å². The summed E-state index contributed by atoms with van der Waals surface area (Å²) in [5.41, 5.74) is 0. The molecule has 0 saturated heterocycles. The molecular weight excluding hydrogens is 224 g/mol. The Bertz CT molecular complexity index is 293. The first kappa shape index (κ1) is 12.7. The molecule has 0 amide bonds. The molecule has 2 fully saturated rings. The van der Waals surface area contributed by atoms with E-state index in [1.165, 1.54) is 44.9 Å². The van der Waals surface area contributed by atoms with Crippen LogP contribution < -0.4 is 0 Å². The van der Waals surface area contributed by atoms with E-state index in [0.717, 1.165) is 24.4 Å². The van der Waals surface area contributed by atoms with E-state index in [9.17, 15) is 0 Å². The zero-order valence-corrected chi connectivity index (χ0v) is 11.5. The van der Waals surface area contributed by atoms with Crippen molar-refractivity contribution in [2.45, 2.75) is 64.3 Å². The minimum absolute atomic E-state index is 0.0174. The third-order valence-electron chi connectivity index (χ3n) is 4.90. The second kappa shape index (κ2) is 5.75. The third-order valence-corrected chi connectivity index (χ3v) is 4.90. The summed E-state index contributed by atoms with van der Waals surface area (Å²) in [6.07, 6.45) is 14.4. The van der Waals surface area contributed by atoms with Crippen LogP contribution in [0.15, 0.2) is 12.2 Å². The Balaban J connectivity index is 1.36. The molecule has 4 unspecified atom stereocenters. The topological polar surface area (TPSA) is 18.5 Å². The lowest BCUT2D eigenvalue weighted by molar-refractivity contribution is -0.173. The number of hydrogen-bond donors (Lipinski definition) is 0. The van der Waals surface area contributed by atoms with Crippen molar-refractivity contribution in [3.05, 3.63) is 12.2 Å². The van der Waals surface area contributed by atoms with Crippen molar-refractivity contribution in [3.8, 4) is 0 Å². The first-order valence-electron chi connectivity index (χ1n) is 7.76. The molecular formula is C16H26O2. The van der Waals surface area contributed by atoms with Gasteiger partial charge in [-0.25, -0.2) is 0 Å². The molecule has 0 spiro atoms. The van der Waals surface area contributed by atoms with Crippen molar-refractivity contribution < 1.29 is 9.47 Å². The summed E-state index contributed by atoms with van der Waals surface area (Å²) in [4.78, 5) is 0. The molecule has 2 heteroatoms. The van der Waals surface area contributed by atoms with E-state index in [-0.39, 0.29) is 6.29 Å². The van der Waals surface area contributed by atoms with Crippen molar-refractivity contribution in [3.63, 3.8) is 0 Å². The van der Waals surface area contributed by atoms with Gasteiger partial charge >= 0.3 is 0 Å². The largest absolute Gasteiger partial charge is 0.353 e. The van der Waals surface area contributed by atoms with Gasteiger partial charge in [-0.15, -0.1) is 0 Å². The van der Waals surface area contributed by atoms with Crippen molar-refractivity contribution in [1.29, 1.82) is 0 Å². The molecule has 2 nitrogen and oxygen atoms in total. The minimum atomic E-state index is -0.0174. The molecule has 2 bridgehead atoms. The summed E-state index contributed by atoms with van der Waals surface area (Å²) in [7, 11) is 0. The van der Waals surface area contributed by atoms with Crippen LogP contribution in [-0.2, 0) is 9.47 Å². The molecule has 3 aliphatic carbocycles. The van der Waals surface area contributed by atoms with Crippen LogP contribution in [0.1, 0.15) is 51.9 Å². The van der Waals surface area contributed by atoms with Crippen LogP contribution >= 0.6 is 0 Å². The Morgan fingerprint density at radius 2 is 1.94 bits per heavy atom. The average Bonchev–Trinajstić information content (AvgIpc) is 3.00. The van der Waals surface area contributed by atoms with Crippen LogP contribution in [0.2, 0.25) is 0 Å². The molecule has 0 aromatic rings. The van der Waals surface area contributed by atoms with Gasteiger partial charge in [0.05, 0.1) is 12.7 Å². The van der Waals surface area contributed by atoms with E-state index in [1.807, 2.05) is 0 Å².